The zero-order valence-corrected chi connectivity index (χ0v) is 16.0. The summed E-state index contributed by atoms with van der Waals surface area (Å²) >= 11 is 0. The largest absolute Gasteiger partial charge is 0.378 e. The van der Waals surface area contributed by atoms with Gasteiger partial charge >= 0.3 is 0 Å². The molecule has 2 rings (SSSR count). The third kappa shape index (κ3) is 7.90. The first-order valence-corrected chi connectivity index (χ1v) is 10.6. The van der Waals surface area contributed by atoms with Crippen LogP contribution < -0.4 is 0 Å². The second-order valence-corrected chi connectivity index (χ2v) is 8.25. The second kappa shape index (κ2) is 11.7. The van der Waals surface area contributed by atoms with Crippen molar-refractivity contribution < 1.29 is 9.13 Å². The average molecular weight is 350 g/mol. The van der Waals surface area contributed by atoms with Gasteiger partial charge in [0.1, 0.15) is 6.07 Å². The van der Waals surface area contributed by atoms with E-state index in [1.807, 2.05) is 0 Å². The molecule has 0 bridgehead atoms. The predicted molar refractivity (Wildman–Crippen MR) is 101 cm³/mol. The molecule has 0 N–H and O–H groups in total. The van der Waals surface area contributed by atoms with E-state index in [2.05, 4.69) is 6.92 Å². The van der Waals surface area contributed by atoms with E-state index >= 15 is 0 Å². The Labute approximate surface area is 153 Å². The lowest BCUT2D eigenvalue weighted by Crippen LogP contribution is -2.26. The van der Waals surface area contributed by atoms with E-state index in [1.165, 1.54) is 63.9 Å². The van der Waals surface area contributed by atoms with Crippen LogP contribution in [0.15, 0.2) is 11.9 Å². The highest BCUT2D eigenvalue weighted by molar-refractivity contribution is 5.11. The number of halogens is 1. The molecule has 0 aromatic rings. The molecule has 2 saturated carbocycles. The van der Waals surface area contributed by atoms with Gasteiger partial charge in [-0.15, -0.1) is 0 Å². The lowest BCUT2D eigenvalue weighted by molar-refractivity contribution is -0.0102. The Balaban J connectivity index is 1.53. The zero-order chi connectivity index (χ0) is 17.9. The lowest BCUT2D eigenvalue weighted by Gasteiger charge is -2.32. The first kappa shape index (κ1) is 20.4. The molecule has 0 heterocycles. The van der Waals surface area contributed by atoms with Gasteiger partial charge < -0.3 is 4.74 Å². The zero-order valence-electron chi connectivity index (χ0n) is 16.0. The first-order chi connectivity index (χ1) is 12.2. The van der Waals surface area contributed by atoms with Crippen LogP contribution in [0.2, 0.25) is 0 Å². The predicted octanol–water partition coefficient (Wildman–Crippen LogP) is 6.72. The molecule has 0 unspecified atom stereocenters. The molecule has 0 aromatic carbocycles. The van der Waals surface area contributed by atoms with Crippen LogP contribution in [0.5, 0.6) is 0 Å². The van der Waals surface area contributed by atoms with E-state index in [9.17, 15) is 4.39 Å². The molecule has 2 aliphatic carbocycles. The van der Waals surface area contributed by atoms with Crippen LogP contribution in [0.1, 0.15) is 90.4 Å². The quantitative estimate of drug-likeness (QED) is 0.433. The summed E-state index contributed by atoms with van der Waals surface area (Å²) in [6, 6.07) is 1.54. The van der Waals surface area contributed by atoms with Gasteiger partial charge in [-0.05, 0) is 75.2 Å². The molecule has 0 atom stereocenters. The highest BCUT2D eigenvalue weighted by Gasteiger charge is 2.24. The van der Waals surface area contributed by atoms with Crippen LogP contribution in [0, 0.1) is 29.1 Å². The van der Waals surface area contributed by atoms with E-state index in [1.54, 1.807) is 6.07 Å². The van der Waals surface area contributed by atoms with Crippen LogP contribution in [0.3, 0.4) is 0 Å². The van der Waals surface area contributed by atoms with Gasteiger partial charge in [-0.25, -0.2) is 0 Å². The van der Waals surface area contributed by atoms with Crippen molar-refractivity contribution in [1.82, 2.24) is 0 Å². The third-order valence-corrected chi connectivity index (χ3v) is 6.30. The molecular formula is C22H36FNO. The molecule has 0 radical (unpaired) electrons. The summed E-state index contributed by atoms with van der Waals surface area (Å²) in [5, 5.41) is 8.42. The van der Waals surface area contributed by atoms with Gasteiger partial charge in [-0.3, -0.25) is 0 Å². The number of allylic oxidation sites excluding steroid dienone is 2. The van der Waals surface area contributed by atoms with E-state index < -0.39 is 5.83 Å². The highest BCUT2D eigenvalue weighted by Crippen LogP contribution is 2.34. The summed E-state index contributed by atoms with van der Waals surface area (Å²) in [6.07, 6.45) is 18.0. The van der Waals surface area contributed by atoms with E-state index in [0.717, 1.165) is 37.7 Å². The SMILES string of the molecule is CCCCC1CCC(COC2CCC(CC/C=C(\F)C#N)CC2)CC1. The molecule has 2 fully saturated rings. The van der Waals surface area contributed by atoms with Gasteiger partial charge in [0.15, 0.2) is 5.83 Å². The second-order valence-electron chi connectivity index (χ2n) is 8.25. The van der Waals surface area contributed by atoms with Crippen molar-refractivity contribution in [1.29, 1.82) is 5.26 Å². The summed E-state index contributed by atoms with van der Waals surface area (Å²) in [7, 11) is 0. The molecule has 142 valence electrons. The van der Waals surface area contributed by atoms with Crippen LogP contribution >= 0.6 is 0 Å². The topological polar surface area (TPSA) is 33.0 Å². The van der Waals surface area contributed by atoms with Crippen LogP contribution in [0.4, 0.5) is 4.39 Å². The summed E-state index contributed by atoms with van der Waals surface area (Å²) < 4.78 is 19.0. The Kier molecular flexibility index (Phi) is 9.55. The summed E-state index contributed by atoms with van der Waals surface area (Å²) in [4.78, 5) is 0. The standard InChI is InChI=1S/C22H36FNO/c1-2-3-5-18-8-10-20(11-9-18)17-25-22-14-12-19(13-15-22)6-4-7-21(23)16-24/h7,18-20,22H,2-6,8-15,17H2,1H3/b21-7-. The molecule has 3 heteroatoms. The van der Waals surface area contributed by atoms with Crippen molar-refractivity contribution in [2.45, 2.75) is 96.5 Å². The summed E-state index contributed by atoms with van der Waals surface area (Å²) in [5.41, 5.74) is 0. The van der Waals surface area contributed by atoms with Crippen molar-refractivity contribution in [2.75, 3.05) is 6.61 Å². The number of nitriles is 1. The van der Waals surface area contributed by atoms with Gasteiger partial charge in [-0.2, -0.15) is 9.65 Å². The summed E-state index contributed by atoms with van der Waals surface area (Å²) in [6.45, 7) is 3.25. The molecular weight excluding hydrogens is 313 g/mol. The Morgan fingerprint density at radius 1 is 1.00 bits per heavy atom. The maximum Gasteiger partial charge on any atom is 0.196 e. The number of hydrogen-bond donors (Lipinski definition) is 0. The molecule has 0 spiro atoms. The van der Waals surface area contributed by atoms with E-state index in [0.29, 0.717) is 18.4 Å². The molecule has 0 amide bonds. The van der Waals surface area contributed by atoms with Crippen molar-refractivity contribution in [3.63, 3.8) is 0 Å². The molecule has 0 aromatic heterocycles. The van der Waals surface area contributed by atoms with Crippen LogP contribution in [-0.4, -0.2) is 12.7 Å². The van der Waals surface area contributed by atoms with Crippen LogP contribution in [-0.2, 0) is 4.74 Å². The minimum atomic E-state index is -0.638. The fourth-order valence-corrected chi connectivity index (χ4v) is 4.53. The Hall–Kier alpha value is -0.880. The van der Waals surface area contributed by atoms with Crippen molar-refractivity contribution >= 4 is 0 Å². The van der Waals surface area contributed by atoms with Gasteiger partial charge in [0.25, 0.3) is 0 Å². The Morgan fingerprint density at radius 3 is 2.24 bits per heavy atom. The van der Waals surface area contributed by atoms with Gasteiger partial charge in [0.2, 0.25) is 0 Å². The monoisotopic (exact) mass is 349 g/mol. The maximum atomic E-state index is 12.8. The lowest BCUT2D eigenvalue weighted by atomic mass is 9.80. The summed E-state index contributed by atoms with van der Waals surface area (Å²) in [5.74, 6) is 1.80. The van der Waals surface area contributed by atoms with Gasteiger partial charge in [0, 0.05) is 6.61 Å². The van der Waals surface area contributed by atoms with E-state index in [4.69, 9.17) is 10.00 Å². The molecule has 2 aliphatic rings. The molecule has 0 aliphatic heterocycles. The normalized spacial score (nSPS) is 30.8. The van der Waals surface area contributed by atoms with Crippen molar-refractivity contribution in [2.24, 2.45) is 17.8 Å². The number of nitrogens with zero attached hydrogens (tertiary/aromatic N) is 1. The number of unbranched alkanes of at least 4 members (excludes halogenated alkanes) is 1. The third-order valence-electron chi connectivity index (χ3n) is 6.30. The smallest absolute Gasteiger partial charge is 0.196 e. The average Bonchev–Trinajstić information content (AvgIpc) is 2.66. The van der Waals surface area contributed by atoms with Gasteiger partial charge in [0.05, 0.1) is 6.10 Å². The minimum Gasteiger partial charge on any atom is -0.378 e. The van der Waals surface area contributed by atoms with Crippen molar-refractivity contribution in [3.05, 3.63) is 11.9 Å². The Morgan fingerprint density at radius 2 is 1.60 bits per heavy atom. The van der Waals surface area contributed by atoms with Crippen molar-refractivity contribution in [3.8, 4) is 6.07 Å². The fourth-order valence-electron chi connectivity index (χ4n) is 4.53. The minimum absolute atomic E-state index is 0.445. The number of rotatable bonds is 9. The van der Waals surface area contributed by atoms with Crippen LogP contribution in [0.25, 0.3) is 0 Å². The fraction of sp³-hybridized carbons (Fsp3) is 0.864. The molecule has 2 nitrogen and oxygen atoms in total. The van der Waals surface area contributed by atoms with Gasteiger partial charge in [-0.1, -0.05) is 39.0 Å². The Bertz CT molecular complexity index is 426. The highest BCUT2D eigenvalue weighted by atomic mass is 19.1. The molecule has 0 saturated heterocycles. The number of ether oxygens (including phenoxy) is 1. The first-order valence-electron chi connectivity index (χ1n) is 10.6. The van der Waals surface area contributed by atoms with E-state index in [-0.39, 0.29) is 0 Å². The maximum absolute atomic E-state index is 12.8. The number of hydrogen-bond acceptors (Lipinski definition) is 2. The molecule has 25 heavy (non-hydrogen) atoms.